The van der Waals surface area contributed by atoms with Crippen molar-refractivity contribution in [1.29, 1.82) is 0 Å². The van der Waals surface area contributed by atoms with Crippen molar-refractivity contribution in [2.45, 2.75) is 51.4 Å². The Balaban J connectivity index is 1.52. The molecule has 0 radical (unpaired) electrons. The van der Waals surface area contributed by atoms with Crippen molar-refractivity contribution < 1.29 is 9.59 Å². The largest absolute Gasteiger partial charge is 0.342 e. The van der Waals surface area contributed by atoms with Crippen LogP contribution in [0.15, 0.2) is 5.38 Å². The van der Waals surface area contributed by atoms with E-state index in [9.17, 15) is 9.59 Å². The highest BCUT2D eigenvalue weighted by atomic mass is 32.1. The van der Waals surface area contributed by atoms with Crippen LogP contribution in [0.1, 0.15) is 50.6 Å². The number of rotatable bonds is 4. The predicted octanol–water partition coefficient (Wildman–Crippen LogP) is 2.83. The van der Waals surface area contributed by atoms with Crippen LogP contribution in [0.2, 0.25) is 0 Å². The van der Waals surface area contributed by atoms with E-state index in [4.69, 9.17) is 0 Å². The third kappa shape index (κ3) is 4.29. The highest BCUT2D eigenvalue weighted by Gasteiger charge is 2.30. The normalized spacial score (nSPS) is 19.4. The molecule has 1 aromatic rings. The number of hydrogen-bond acceptors (Lipinski definition) is 4. The van der Waals surface area contributed by atoms with Gasteiger partial charge in [-0.05, 0) is 25.7 Å². The molecule has 6 heteroatoms. The molecule has 1 saturated carbocycles. The van der Waals surface area contributed by atoms with Gasteiger partial charge in [-0.2, -0.15) is 0 Å². The Morgan fingerprint density at radius 2 is 1.86 bits per heavy atom. The first-order valence-electron chi connectivity index (χ1n) is 8.25. The van der Waals surface area contributed by atoms with Crippen molar-refractivity contribution >= 4 is 28.3 Å². The van der Waals surface area contributed by atoms with Gasteiger partial charge in [-0.1, -0.05) is 19.3 Å². The molecule has 2 fully saturated rings. The smallest absolute Gasteiger partial charge is 0.229 e. The molecule has 22 heavy (non-hydrogen) atoms. The molecule has 0 bridgehead atoms. The van der Waals surface area contributed by atoms with Crippen LogP contribution in [0, 0.1) is 5.92 Å². The quantitative estimate of drug-likeness (QED) is 0.927. The summed E-state index contributed by atoms with van der Waals surface area (Å²) in [5.41, 5.74) is 0.767. The van der Waals surface area contributed by atoms with Crippen molar-refractivity contribution in [3.63, 3.8) is 0 Å². The van der Waals surface area contributed by atoms with Gasteiger partial charge in [-0.3, -0.25) is 9.59 Å². The number of aromatic nitrogens is 1. The highest BCUT2D eigenvalue weighted by molar-refractivity contribution is 7.13. The van der Waals surface area contributed by atoms with Gasteiger partial charge < -0.3 is 10.2 Å². The summed E-state index contributed by atoms with van der Waals surface area (Å²) >= 11 is 1.41. The fourth-order valence-corrected chi connectivity index (χ4v) is 3.48. The number of nitrogens with zero attached hydrogens (tertiary/aromatic N) is 2. The van der Waals surface area contributed by atoms with Gasteiger partial charge in [0.05, 0.1) is 12.1 Å². The lowest BCUT2D eigenvalue weighted by Gasteiger charge is -2.24. The van der Waals surface area contributed by atoms with E-state index in [-0.39, 0.29) is 17.7 Å². The average Bonchev–Trinajstić information content (AvgIpc) is 3.21. The molecule has 1 aliphatic heterocycles. The third-order valence-corrected chi connectivity index (χ3v) is 5.08. The molecule has 2 aliphatic rings. The summed E-state index contributed by atoms with van der Waals surface area (Å²) in [6.07, 6.45) is 8.25. The zero-order valence-corrected chi connectivity index (χ0v) is 13.7. The number of thiazole rings is 1. The molecular weight excluding hydrogens is 298 g/mol. The Morgan fingerprint density at radius 1 is 1.18 bits per heavy atom. The van der Waals surface area contributed by atoms with E-state index >= 15 is 0 Å². The van der Waals surface area contributed by atoms with Crippen molar-refractivity contribution in [3.05, 3.63) is 11.1 Å². The summed E-state index contributed by atoms with van der Waals surface area (Å²) < 4.78 is 0. The van der Waals surface area contributed by atoms with Crippen LogP contribution >= 0.6 is 11.3 Å². The zero-order valence-electron chi connectivity index (χ0n) is 12.8. The van der Waals surface area contributed by atoms with Gasteiger partial charge >= 0.3 is 0 Å². The Morgan fingerprint density at radius 3 is 2.55 bits per heavy atom. The van der Waals surface area contributed by atoms with Crippen molar-refractivity contribution in [1.82, 2.24) is 9.88 Å². The third-order valence-electron chi connectivity index (χ3n) is 4.27. The van der Waals surface area contributed by atoms with Crippen molar-refractivity contribution in [3.8, 4) is 0 Å². The highest BCUT2D eigenvalue weighted by Crippen LogP contribution is 2.30. The van der Waals surface area contributed by atoms with Crippen LogP contribution in [0.4, 0.5) is 5.13 Å². The molecule has 0 aromatic carbocycles. The number of amides is 2. The number of nitrogens with one attached hydrogen (secondary N) is 1. The first-order chi connectivity index (χ1) is 10.7. The molecule has 1 N–H and O–H groups in total. The number of carbonyl (C=O) groups is 2. The van der Waals surface area contributed by atoms with Crippen LogP contribution in [-0.2, 0) is 16.0 Å². The van der Waals surface area contributed by atoms with E-state index < -0.39 is 0 Å². The van der Waals surface area contributed by atoms with Crippen molar-refractivity contribution in [2.75, 3.05) is 18.4 Å². The molecule has 2 heterocycles. The average molecular weight is 321 g/mol. The van der Waals surface area contributed by atoms with Crippen LogP contribution in [0.25, 0.3) is 0 Å². The Hall–Kier alpha value is -1.43. The Bertz CT molecular complexity index is 531. The van der Waals surface area contributed by atoms with Crippen LogP contribution < -0.4 is 5.32 Å². The van der Waals surface area contributed by atoms with Crippen LogP contribution in [-0.4, -0.2) is 34.8 Å². The first-order valence-corrected chi connectivity index (χ1v) is 9.13. The number of likely N-dealkylation sites (tertiary alicyclic amines) is 1. The second kappa shape index (κ2) is 7.22. The summed E-state index contributed by atoms with van der Waals surface area (Å²) in [6.45, 7) is 1.74. The molecule has 1 aromatic heterocycles. The van der Waals surface area contributed by atoms with Gasteiger partial charge in [0.1, 0.15) is 0 Å². The van der Waals surface area contributed by atoms with E-state index in [1.54, 1.807) is 0 Å². The molecule has 0 atom stereocenters. The van der Waals surface area contributed by atoms with Crippen molar-refractivity contribution in [2.24, 2.45) is 5.92 Å². The first kappa shape index (κ1) is 15.5. The van der Waals surface area contributed by atoms with Crippen LogP contribution in [0.5, 0.6) is 0 Å². The topological polar surface area (TPSA) is 62.3 Å². The lowest BCUT2D eigenvalue weighted by atomic mass is 10.1. The minimum absolute atomic E-state index is 0.0657. The van der Waals surface area contributed by atoms with Gasteiger partial charge in [0.15, 0.2) is 5.13 Å². The lowest BCUT2D eigenvalue weighted by molar-refractivity contribution is -0.130. The number of carbonyl (C=O) groups excluding carboxylic acids is 2. The minimum Gasteiger partial charge on any atom is -0.342 e. The standard InChI is InChI=1S/C16H23N3O2S/c20-14(19-8-4-2-1-3-5-9-19)10-13-11-22-16(17-13)18-15(21)12-6-7-12/h11-12H,1-10H2,(H,17,18,21). The molecular formula is C16H23N3O2S. The fourth-order valence-electron chi connectivity index (χ4n) is 2.76. The Labute approximate surface area is 135 Å². The molecule has 1 saturated heterocycles. The van der Waals surface area contributed by atoms with Gasteiger partial charge in [-0.25, -0.2) is 4.98 Å². The molecule has 2 amide bonds. The summed E-state index contributed by atoms with van der Waals surface area (Å²) in [5.74, 6) is 0.401. The second-order valence-electron chi connectivity index (χ2n) is 6.23. The maximum Gasteiger partial charge on any atom is 0.229 e. The van der Waals surface area contributed by atoms with Gasteiger partial charge in [0, 0.05) is 24.4 Å². The van der Waals surface area contributed by atoms with E-state index in [1.165, 1.54) is 30.6 Å². The maximum atomic E-state index is 12.4. The maximum absolute atomic E-state index is 12.4. The summed E-state index contributed by atoms with van der Waals surface area (Å²) in [4.78, 5) is 30.4. The SMILES string of the molecule is O=C(Nc1nc(CC(=O)N2CCCCCCC2)cs1)C1CC1. The molecule has 120 valence electrons. The second-order valence-corrected chi connectivity index (χ2v) is 7.09. The van der Waals surface area contributed by atoms with E-state index in [2.05, 4.69) is 10.3 Å². The molecule has 1 aliphatic carbocycles. The van der Waals surface area contributed by atoms with Gasteiger partial charge in [0.25, 0.3) is 0 Å². The number of hydrogen-bond donors (Lipinski definition) is 1. The number of anilines is 1. The fraction of sp³-hybridized carbons (Fsp3) is 0.688. The van der Waals surface area contributed by atoms with Gasteiger partial charge in [0.2, 0.25) is 11.8 Å². The minimum atomic E-state index is 0.0657. The zero-order chi connectivity index (χ0) is 15.4. The molecule has 0 spiro atoms. The Kier molecular flexibility index (Phi) is 5.08. The predicted molar refractivity (Wildman–Crippen MR) is 86.8 cm³/mol. The summed E-state index contributed by atoms with van der Waals surface area (Å²) in [6, 6.07) is 0. The molecule has 5 nitrogen and oxygen atoms in total. The van der Waals surface area contributed by atoms with Crippen LogP contribution in [0.3, 0.4) is 0 Å². The van der Waals surface area contributed by atoms with E-state index in [1.807, 2.05) is 10.3 Å². The summed E-state index contributed by atoms with van der Waals surface area (Å²) in [5, 5.41) is 5.34. The van der Waals surface area contributed by atoms with E-state index in [0.29, 0.717) is 11.6 Å². The molecule has 3 rings (SSSR count). The monoisotopic (exact) mass is 321 g/mol. The molecule has 0 unspecified atom stereocenters. The van der Waals surface area contributed by atoms with Gasteiger partial charge in [-0.15, -0.1) is 11.3 Å². The lowest BCUT2D eigenvalue weighted by Crippen LogP contribution is -2.35. The van der Waals surface area contributed by atoms with E-state index in [0.717, 1.165) is 44.5 Å². The summed E-state index contributed by atoms with van der Waals surface area (Å²) in [7, 11) is 0.